The van der Waals surface area contributed by atoms with Gasteiger partial charge in [0.25, 0.3) is 5.91 Å². The minimum absolute atomic E-state index is 0. The fourth-order valence-corrected chi connectivity index (χ4v) is 2.49. The first-order chi connectivity index (χ1) is 12.1. The number of carbonyl (C=O) groups excluding carboxylic acids is 1. The summed E-state index contributed by atoms with van der Waals surface area (Å²) >= 11 is 5.91. The van der Waals surface area contributed by atoms with Gasteiger partial charge in [0.05, 0.1) is 0 Å². The molecule has 0 saturated carbocycles. The van der Waals surface area contributed by atoms with E-state index in [2.05, 4.69) is 15.6 Å². The van der Waals surface area contributed by atoms with Crippen LogP contribution in [0.3, 0.4) is 0 Å². The number of hydrogen-bond donors (Lipinski definition) is 2. The average molecular weight is 487 g/mol. The van der Waals surface area contributed by atoms with Gasteiger partial charge in [0.2, 0.25) is 0 Å². The summed E-state index contributed by atoms with van der Waals surface area (Å²) in [6.45, 7) is 1.82. The number of nitrogens with one attached hydrogen (secondary N) is 2. The van der Waals surface area contributed by atoms with Crippen molar-refractivity contribution in [2.24, 2.45) is 4.99 Å². The number of aliphatic imine (C=N–C) groups is 1. The van der Waals surface area contributed by atoms with Crippen molar-refractivity contribution in [3.05, 3.63) is 70.7 Å². The van der Waals surface area contributed by atoms with Crippen molar-refractivity contribution >= 4 is 47.4 Å². The molecule has 0 spiro atoms. The zero-order valence-electron chi connectivity index (χ0n) is 14.9. The van der Waals surface area contributed by atoms with Crippen LogP contribution in [-0.2, 0) is 6.54 Å². The summed E-state index contributed by atoms with van der Waals surface area (Å²) in [5, 5.41) is 6.85. The van der Waals surface area contributed by atoms with E-state index < -0.39 is 0 Å². The number of carbonyl (C=O) groups is 1. The van der Waals surface area contributed by atoms with Crippen molar-refractivity contribution in [1.82, 2.24) is 15.5 Å². The third-order valence-electron chi connectivity index (χ3n) is 3.64. The molecule has 0 aliphatic rings. The number of benzene rings is 2. The molecule has 0 saturated heterocycles. The molecule has 0 aliphatic carbocycles. The third kappa shape index (κ3) is 7.21. The van der Waals surface area contributed by atoms with Gasteiger partial charge in [0, 0.05) is 44.3 Å². The Balaban J connectivity index is 0.00000338. The summed E-state index contributed by atoms with van der Waals surface area (Å²) in [7, 11) is 3.70. The molecule has 0 fully saturated rings. The van der Waals surface area contributed by atoms with Gasteiger partial charge in [-0.2, -0.15) is 0 Å². The fraction of sp³-hybridized carbons (Fsp3) is 0.263. The molecule has 2 rings (SSSR count). The van der Waals surface area contributed by atoms with Crippen LogP contribution >= 0.6 is 35.6 Å². The first-order valence-corrected chi connectivity index (χ1v) is 8.47. The van der Waals surface area contributed by atoms with Crippen molar-refractivity contribution in [2.45, 2.75) is 6.54 Å². The maximum absolute atomic E-state index is 12.0. The maximum Gasteiger partial charge on any atom is 0.251 e. The van der Waals surface area contributed by atoms with Crippen molar-refractivity contribution < 1.29 is 4.79 Å². The SMILES string of the molecule is CN=C(NCCNC(=O)c1ccccc1)N(C)Cc1ccc(Cl)cc1.I. The lowest BCUT2D eigenvalue weighted by atomic mass is 10.2. The van der Waals surface area contributed by atoms with Gasteiger partial charge in [0.1, 0.15) is 0 Å². The van der Waals surface area contributed by atoms with E-state index in [4.69, 9.17) is 11.6 Å². The zero-order valence-corrected chi connectivity index (χ0v) is 18.0. The van der Waals surface area contributed by atoms with Gasteiger partial charge >= 0.3 is 0 Å². The summed E-state index contributed by atoms with van der Waals surface area (Å²) in [5.74, 6) is 0.691. The molecule has 140 valence electrons. The molecule has 0 atom stereocenters. The molecule has 2 N–H and O–H groups in total. The Morgan fingerprint density at radius 1 is 1.04 bits per heavy atom. The zero-order chi connectivity index (χ0) is 18.1. The van der Waals surface area contributed by atoms with E-state index >= 15 is 0 Å². The van der Waals surface area contributed by atoms with Crippen LogP contribution in [0.5, 0.6) is 0 Å². The first kappa shape index (κ1) is 22.2. The number of halogens is 2. The normalized spacial score (nSPS) is 10.7. The first-order valence-electron chi connectivity index (χ1n) is 8.09. The minimum atomic E-state index is -0.0769. The summed E-state index contributed by atoms with van der Waals surface area (Å²) < 4.78 is 0. The Morgan fingerprint density at radius 2 is 1.65 bits per heavy atom. The van der Waals surface area contributed by atoms with Gasteiger partial charge in [0.15, 0.2) is 5.96 Å². The standard InChI is InChI=1S/C19H23ClN4O.HI/c1-21-19(24(2)14-15-8-10-17(20)11-9-15)23-13-12-22-18(25)16-6-4-3-5-7-16;/h3-11H,12-14H2,1-2H3,(H,21,23)(H,22,25);1H. The van der Waals surface area contributed by atoms with E-state index in [1.165, 1.54) is 0 Å². The molecule has 0 aliphatic heterocycles. The molecule has 26 heavy (non-hydrogen) atoms. The lowest BCUT2D eigenvalue weighted by molar-refractivity contribution is 0.0954. The predicted molar refractivity (Wildman–Crippen MR) is 118 cm³/mol. The van der Waals surface area contributed by atoms with Gasteiger partial charge in [-0.25, -0.2) is 0 Å². The summed E-state index contributed by atoms with van der Waals surface area (Å²) in [6, 6.07) is 16.9. The van der Waals surface area contributed by atoms with Crippen LogP contribution in [0.15, 0.2) is 59.6 Å². The number of rotatable bonds is 6. The Bertz CT molecular complexity index is 707. The van der Waals surface area contributed by atoms with E-state index in [9.17, 15) is 4.79 Å². The van der Waals surface area contributed by atoms with Crippen molar-refractivity contribution in [2.75, 3.05) is 27.2 Å². The van der Waals surface area contributed by atoms with Crippen molar-refractivity contribution in [3.63, 3.8) is 0 Å². The van der Waals surface area contributed by atoms with E-state index in [0.717, 1.165) is 16.5 Å². The summed E-state index contributed by atoms with van der Waals surface area (Å²) in [4.78, 5) is 18.3. The van der Waals surface area contributed by atoms with Gasteiger partial charge < -0.3 is 15.5 Å². The summed E-state index contributed by atoms with van der Waals surface area (Å²) in [5.41, 5.74) is 1.80. The van der Waals surface area contributed by atoms with Crippen molar-refractivity contribution in [1.29, 1.82) is 0 Å². The second kappa shape index (κ2) is 11.7. The van der Waals surface area contributed by atoms with E-state index in [-0.39, 0.29) is 29.9 Å². The minimum Gasteiger partial charge on any atom is -0.354 e. The van der Waals surface area contributed by atoms with E-state index in [0.29, 0.717) is 25.2 Å². The highest BCUT2D eigenvalue weighted by Gasteiger charge is 2.07. The predicted octanol–water partition coefficient (Wildman–Crippen LogP) is 3.40. The summed E-state index contributed by atoms with van der Waals surface area (Å²) in [6.07, 6.45) is 0. The molecule has 0 heterocycles. The molecule has 0 aromatic heterocycles. The van der Waals surface area contributed by atoms with Crippen LogP contribution < -0.4 is 10.6 Å². The van der Waals surface area contributed by atoms with Crippen LogP contribution in [0, 0.1) is 0 Å². The Hall–Kier alpha value is -1.80. The van der Waals surface area contributed by atoms with E-state index in [1.54, 1.807) is 19.2 Å². The monoisotopic (exact) mass is 486 g/mol. The van der Waals surface area contributed by atoms with Crippen LogP contribution in [0.1, 0.15) is 15.9 Å². The molecule has 0 unspecified atom stereocenters. The van der Waals surface area contributed by atoms with Crippen LogP contribution in [0.25, 0.3) is 0 Å². The molecular weight excluding hydrogens is 463 g/mol. The lowest BCUT2D eigenvalue weighted by Crippen LogP contribution is -2.42. The second-order valence-electron chi connectivity index (χ2n) is 5.58. The largest absolute Gasteiger partial charge is 0.354 e. The molecule has 7 heteroatoms. The Kier molecular flexibility index (Phi) is 10.0. The average Bonchev–Trinajstić information content (AvgIpc) is 2.64. The quantitative estimate of drug-likeness (QED) is 0.285. The van der Waals surface area contributed by atoms with Gasteiger partial charge in [-0.15, -0.1) is 24.0 Å². The second-order valence-corrected chi connectivity index (χ2v) is 6.01. The van der Waals surface area contributed by atoms with Gasteiger partial charge in [-0.05, 0) is 29.8 Å². The van der Waals surface area contributed by atoms with Crippen LogP contribution in [0.4, 0.5) is 0 Å². The van der Waals surface area contributed by atoms with Crippen LogP contribution in [0.2, 0.25) is 5.02 Å². The number of amides is 1. The molecule has 0 bridgehead atoms. The molecule has 2 aromatic rings. The lowest BCUT2D eigenvalue weighted by Gasteiger charge is -2.22. The topological polar surface area (TPSA) is 56.7 Å². The smallest absolute Gasteiger partial charge is 0.251 e. The fourth-order valence-electron chi connectivity index (χ4n) is 2.37. The number of guanidine groups is 1. The number of hydrogen-bond acceptors (Lipinski definition) is 2. The number of nitrogens with zero attached hydrogens (tertiary/aromatic N) is 2. The third-order valence-corrected chi connectivity index (χ3v) is 3.89. The van der Waals surface area contributed by atoms with Crippen LogP contribution in [-0.4, -0.2) is 44.0 Å². The molecule has 2 aromatic carbocycles. The Labute approximate surface area is 176 Å². The highest BCUT2D eigenvalue weighted by molar-refractivity contribution is 14.0. The van der Waals surface area contributed by atoms with Gasteiger partial charge in [-0.1, -0.05) is 41.9 Å². The maximum atomic E-state index is 12.0. The highest BCUT2D eigenvalue weighted by Crippen LogP contribution is 2.10. The highest BCUT2D eigenvalue weighted by atomic mass is 127. The molecule has 0 radical (unpaired) electrons. The van der Waals surface area contributed by atoms with Gasteiger partial charge in [-0.3, -0.25) is 9.79 Å². The molecular formula is C19H24ClIN4O. The molecule has 5 nitrogen and oxygen atoms in total. The van der Waals surface area contributed by atoms with Crippen molar-refractivity contribution in [3.8, 4) is 0 Å². The molecule has 1 amide bonds. The Morgan fingerprint density at radius 3 is 2.27 bits per heavy atom. The van der Waals surface area contributed by atoms with E-state index in [1.807, 2.05) is 54.4 Å².